The molecule has 2 bridgehead atoms. The zero-order valence-electron chi connectivity index (χ0n) is 8.38. The van der Waals surface area contributed by atoms with Crippen molar-refractivity contribution in [1.82, 2.24) is 0 Å². The van der Waals surface area contributed by atoms with Crippen molar-refractivity contribution in [2.24, 2.45) is 11.8 Å². The average molecular weight is 217 g/mol. The van der Waals surface area contributed by atoms with Crippen LogP contribution in [-0.2, 0) is 9.47 Å². The van der Waals surface area contributed by atoms with E-state index in [9.17, 15) is 0 Å². The van der Waals surface area contributed by atoms with Crippen LogP contribution in [0.1, 0.15) is 32.1 Å². The molecule has 0 N–H and O–H groups in total. The Morgan fingerprint density at radius 2 is 1.86 bits per heavy atom. The Kier molecular flexibility index (Phi) is 2.26. The molecule has 1 aliphatic heterocycles. The van der Waals surface area contributed by atoms with Crippen LogP contribution < -0.4 is 0 Å². The third kappa shape index (κ3) is 1.31. The Morgan fingerprint density at radius 3 is 2.64 bits per heavy atom. The molecule has 3 unspecified atom stereocenters. The predicted molar refractivity (Wildman–Crippen MR) is 54.3 cm³/mol. The number of fused-ring (bicyclic) bond motifs is 3. The molecule has 1 heterocycles. The van der Waals surface area contributed by atoms with Gasteiger partial charge in [0.2, 0.25) is 0 Å². The minimum absolute atomic E-state index is 0.201. The molecule has 0 aromatic heterocycles. The second kappa shape index (κ2) is 3.36. The number of hydrogen-bond acceptors (Lipinski definition) is 2. The van der Waals surface area contributed by atoms with Gasteiger partial charge in [-0.15, -0.1) is 11.6 Å². The SMILES string of the molecule is ClC1CCC2CC1CCC21OCCO1. The van der Waals surface area contributed by atoms with E-state index in [0.717, 1.165) is 26.1 Å². The second-order valence-electron chi connectivity index (χ2n) is 4.83. The molecule has 2 nitrogen and oxygen atoms in total. The number of halogens is 1. The Balaban J connectivity index is 1.79. The number of ether oxygens (including phenoxy) is 2. The van der Waals surface area contributed by atoms with Crippen molar-refractivity contribution in [3.63, 3.8) is 0 Å². The lowest BCUT2D eigenvalue weighted by atomic mass is 9.68. The molecule has 2 aliphatic carbocycles. The minimum atomic E-state index is -0.201. The van der Waals surface area contributed by atoms with Crippen molar-refractivity contribution in [3.8, 4) is 0 Å². The van der Waals surface area contributed by atoms with Crippen LogP contribution in [0.4, 0.5) is 0 Å². The minimum Gasteiger partial charge on any atom is -0.347 e. The maximum atomic E-state index is 6.30. The average Bonchev–Trinajstić information content (AvgIpc) is 2.66. The summed E-state index contributed by atoms with van der Waals surface area (Å²) in [5.74, 6) is 1.13. The first kappa shape index (κ1) is 9.44. The smallest absolute Gasteiger partial charge is 0.171 e. The van der Waals surface area contributed by atoms with E-state index < -0.39 is 0 Å². The van der Waals surface area contributed by atoms with Gasteiger partial charge in [-0.05, 0) is 31.6 Å². The molecular formula is C11H17ClO2. The third-order valence-corrected chi connectivity index (χ3v) is 4.73. The highest BCUT2D eigenvalue weighted by Crippen LogP contribution is 2.50. The van der Waals surface area contributed by atoms with Crippen molar-refractivity contribution in [1.29, 1.82) is 0 Å². The van der Waals surface area contributed by atoms with E-state index in [1.54, 1.807) is 0 Å². The molecule has 0 aromatic rings. The van der Waals surface area contributed by atoms with Crippen molar-refractivity contribution in [2.75, 3.05) is 13.2 Å². The molecule has 1 spiro atoms. The quantitative estimate of drug-likeness (QED) is 0.580. The molecule has 1 saturated heterocycles. The monoisotopic (exact) mass is 216 g/mol. The third-order valence-electron chi connectivity index (χ3n) is 4.15. The van der Waals surface area contributed by atoms with E-state index in [4.69, 9.17) is 21.1 Å². The fourth-order valence-electron chi connectivity index (χ4n) is 3.37. The van der Waals surface area contributed by atoms with Crippen LogP contribution >= 0.6 is 11.6 Å². The van der Waals surface area contributed by atoms with Crippen molar-refractivity contribution in [3.05, 3.63) is 0 Å². The first-order valence-corrected chi connectivity index (χ1v) is 6.16. The van der Waals surface area contributed by atoms with Gasteiger partial charge in [0.15, 0.2) is 5.79 Å². The summed E-state index contributed by atoms with van der Waals surface area (Å²) in [5.41, 5.74) is 0. The van der Waals surface area contributed by atoms with Crippen LogP contribution in [0.15, 0.2) is 0 Å². The molecule has 2 saturated carbocycles. The highest BCUT2D eigenvalue weighted by Gasteiger charge is 2.50. The van der Waals surface area contributed by atoms with Gasteiger partial charge in [0.25, 0.3) is 0 Å². The second-order valence-corrected chi connectivity index (χ2v) is 5.39. The van der Waals surface area contributed by atoms with Gasteiger partial charge in [-0.1, -0.05) is 0 Å². The number of hydrogen-bond donors (Lipinski definition) is 0. The lowest BCUT2D eigenvalue weighted by Crippen LogP contribution is -2.48. The molecule has 3 aliphatic rings. The van der Waals surface area contributed by atoms with E-state index in [0.29, 0.717) is 17.2 Å². The van der Waals surface area contributed by atoms with Crippen LogP contribution in [-0.4, -0.2) is 24.4 Å². The maximum absolute atomic E-state index is 6.30. The molecule has 14 heavy (non-hydrogen) atoms. The molecule has 0 radical (unpaired) electrons. The number of alkyl halides is 1. The van der Waals surface area contributed by atoms with Gasteiger partial charge < -0.3 is 9.47 Å². The van der Waals surface area contributed by atoms with Gasteiger partial charge in [-0.2, -0.15) is 0 Å². The predicted octanol–water partition coefficient (Wildman–Crippen LogP) is 2.55. The van der Waals surface area contributed by atoms with E-state index in [1.165, 1.54) is 19.3 Å². The molecule has 80 valence electrons. The van der Waals surface area contributed by atoms with Crippen LogP contribution in [0, 0.1) is 11.8 Å². The standard InChI is InChI=1S/C11H17ClO2/c12-10-2-1-9-7-8(10)3-4-11(9)13-5-6-14-11/h8-10H,1-7H2. The normalized spacial score (nSPS) is 45.6. The largest absolute Gasteiger partial charge is 0.347 e. The van der Waals surface area contributed by atoms with Gasteiger partial charge in [0.05, 0.1) is 13.2 Å². The topological polar surface area (TPSA) is 18.5 Å². The summed E-state index contributed by atoms with van der Waals surface area (Å²) in [4.78, 5) is 0. The lowest BCUT2D eigenvalue weighted by molar-refractivity contribution is -0.225. The summed E-state index contributed by atoms with van der Waals surface area (Å²) >= 11 is 6.30. The fraction of sp³-hybridized carbons (Fsp3) is 1.00. The summed E-state index contributed by atoms with van der Waals surface area (Å²) in [7, 11) is 0. The van der Waals surface area contributed by atoms with Gasteiger partial charge >= 0.3 is 0 Å². The highest BCUT2D eigenvalue weighted by molar-refractivity contribution is 6.20. The molecule has 3 fully saturated rings. The first-order valence-electron chi connectivity index (χ1n) is 5.72. The summed E-state index contributed by atoms with van der Waals surface area (Å²) < 4.78 is 11.7. The highest BCUT2D eigenvalue weighted by atomic mass is 35.5. The molecule has 3 atom stereocenters. The van der Waals surface area contributed by atoms with Crippen LogP contribution in [0.25, 0.3) is 0 Å². The Morgan fingerprint density at radius 1 is 1.07 bits per heavy atom. The summed E-state index contributed by atoms with van der Waals surface area (Å²) in [6, 6.07) is 0. The van der Waals surface area contributed by atoms with Crippen molar-refractivity contribution in [2.45, 2.75) is 43.3 Å². The van der Waals surface area contributed by atoms with E-state index >= 15 is 0 Å². The number of rotatable bonds is 0. The molecule has 0 amide bonds. The van der Waals surface area contributed by atoms with Crippen LogP contribution in [0.3, 0.4) is 0 Å². The molecular weight excluding hydrogens is 200 g/mol. The van der Waals surface area contributed by atoms with E-state index in [2.05, 4.69) is 0 Å². The molecule has 3 rings (SSSR count). The van der Waals surface area contributed by atoms with Crippen LogP contribution in [0.5, 0.6) is 0 Å². The van der Waals surface area contributed by atoms with Crippen molar-refractivity contribution < 1.29 is 9.47 Å². The van der Waals surface area contributed by atoms with Crippen molar-refractivity contribution >= 4 is 11.6 Å². The summed E-state index contributed by atoms with van der Waals surface area (Å²) in [6.07, 6.45) is 5.79. The van der Waals surface area contributed by atoms with Gasteiger partial charge in [-0.25, -0.2) is 0 Å². The zero-order valence-corrected chi connectivity index (χ0v) is 9.13. The molecule has 3 heteroatoms. The van der Waals surface area contributed by atoms with E-state index in [1.807, 2.05) is 0 Å². The molecule has 0 aromatic carbocycles. The Bertz CT molecular complexity index is 225. The Hall–Kier alpha value is 0.210. The van der Waals surface area contributed by atoms with Gasteiger partial charge in [0.1, 0.15) is 0 Å². The lowest BCUT2D eigenvalue weighted by Gasteiger charge is -2.47. The summed E-state index contributed by atoms with van der Waals surface area (Å²) in [6.45, 7) is 1.57. The summed E-state index contributed by atoms with van der Waals surface area (Å²) in [5, 5.41) is 0.407. The Labute approximate surface area is 89.9 Å². The zero-order chi connectivity index (χ0) is 9.60. The maximum Gasteiger partial charge on any atom is 0.171 e. The first-order chi connectivity index (χ1) is 6.80. The van der Waals surface area contributed by atoms with Gasteiger partial charge in [-0.3, -0.25) is 0 Å². The fourth-order valence-corrected chi connectivity index (χ4v) is 3.72. The van der Waals surface area contributed by atoms with E-state index in [-0.39, 0.29) is 5.79 Å². The van der Waals surface area contributed by atoms with Gasteiger partial charge in [0, 0.05) is 17.7 Å². The van der Waals surface area contributed by atoms with Crippen LogP contribution in [0.2, 0.25) is 0 Å².